The number of carbonyl (C=O) groups excluding carboxylic acids is 2. The van der Waals surface area contributed by atoms with E-state index in [9.17, 15) is 35.0 Å². The van der Waals surface area contributed by atoms with Crippen molar-refractivity contribution in [2.45, 2.75) is 89.3 Å². The summed E-state index contributed by atoms with van der Waals surface area (Å²) in [5.74, 6) is -1.06. The molecule has 0 aromatic heterocycles. The van der Waals surface area contributed by atoms with Gasteiger partial charge in [-0.15, -0.1) is 10.1 Å². The van der Waals surface area contributed by atoms with Crippen LogP contribution < -0.4 is 5.32 Å². The van der Waals surface area contributed by atoms with Crippen LogP contribution >= 0.6 is 0 Å². The van der Waals surface area contributed by atoms with Crippen molar-refractivity contribution < 1.29 is 39.6 Å². The van der Waals surface area contributed by atoms with E-state index in [1.54, 1.807) is 24.3 Å². The number of esters is 1. The number of hydrogen-bond donors (Lipinski definition) is 4. The van der Waals surface area contributed by atoms with E-state index in [1.807, 2.05) is 42.5 Å². The van der Waals surface area contributed by atoms with Gasteiger partial charge >= 0.3 is 5.97 Å². The number of allylic oxidation sites excluding steroid dienone is 2. The van der Waals surface area contributed by atoms with Crippen molar-refractivity contribution >= 4 is 11.9 Å². The zero-order valence-corrected chi connectivity index (χ0v) is 25.0. The number of aliphatic hydroxyl groups excluding tert-OH is 3. The van der Waals surface area contributed by atoms with Gasteiger partial charge in [0.05, 0.1) is 18.3 Å². The molecule has 4 N–H and O–H groups in total. The first-order valence-electron chi connectivity index (χ1n) is 15.2. The summed E-state index contributed by atoms with van der Waals surface area (Å²) in [5, 5.41) is 43.6. The van der Waals surface area contributed by atoms with Crippen LogP contribution in [0.1, 0.15) is 68.1 Å². The number of amides is 1. The maximum absolute atomic E-state index is 12.1. The molecule has 0 heterocycles. The van der Waals surface area contributed by atoms with Gasteiger partial charge < -0.3 is 30.2 Å². The van der Waals surface area contributed by atoms with Crippen LogP contribution in [0.15, 0.2) is 66.7 Å². The van der Waals surface area contributed by atoms with Crippen molar-refractivity contribution in [1.82, 2.24) is 5.32 Å². The van der Waals surface area contributed by atoms with Crippen LogP contribution in [-0.4, -0.2) is 57.1 Å². The topological polar surface area (TPSA) is 168 Å². The molecule has 240 valence electrons. The second kappa shape index (κ2) is 18.8. The van der Waals surface area contributed by atoms with Crippen LogP contribution in [0.5, 0.6) is 0 Å². The van der Waals surface area contributed by atoms with Crippen LogP contribution in [-0.2, 0) is 38.8 Å². The molecule has 11 heteroatoms. The minimum atomic E-state index is -0.890. The van der Waals surface area contributed by atoms with E-state index in [0.717, 1.165) is 6.42 Å². The number of rotatable bonds is 19. The zero-order valence-electron chi connectivity index (χ0n) is 25.0. The first kappa shape index (κ1) is 34.7. The molecule has 5 atom stereocenters. The Hall–Kier alpha value is -3.80. The lowest BCUT2D eigenvalue weighted by atomic mass is 9.85. The van der Waals surface area contributed by atoms with E-state index >= 15 is 0 Å². The number of unbranched alkanes of at least 4 members (excludes halogenated alkanes) is 1. The summed E-state index contributed by atoms with van der Waals surface area (Å²) in [6, 6.07) is 16.7. The lowest BCUT2D eigenvalue weighted by molar-refractivity contribution is -0.763. The number of carbonyl (C=O) groups is 2. The third-order valence-corrected chi connectivity index (χ3v) is 8.08. The number of nitrogens with one attached hydrogen (secondary N) is 1. The van der Waals surface area contributed by atoms with E-state index in [4.69, 9.17) is 4.74 Å². The van der Waals surface area contributed by atoms with Gasteiger partial charge in [0.25, 0.3) is 5.09 Å². The van der Waals surface area contributed by atoms with Gasteiger partial charge in [-0.2, -0.15) is 0 Å². The maximum Gasteiger partial charge on any atom is 0.325 e. The second-order valence-electron chi connectivity index (χ2n) is 11.3. The molecule has 0 spiro atoms. The Bertz CT molecular complexity index is 1210. The minimum Gasteiger partial charge on any atom is -0.459 e. The molecule has 1 fully saturated rings. The third-order valence-electron chi connectivity index (χ3n) is 8.08. The smallest absolute Gasteiger partial charge is 0.325 e. The summed E-state index contributed by atoms with van der Waals surface area (Å²) in [6.07, 6.45) is 7.41. The van der Waals surface area contributed by atoms with E-state index in [-0.39, 0.29) is 43.9 Å². The van der Waals surface area contributed by atoms with E-state index in [2.05, 4.69) is 10.2 Å². The van der Waals surface area contributed by atoms with Gasteiger partial charge in [0.2, 0.25) is 5.91 Å². The fraction of sp³-hybridized carbons (Fsp3) is 0.515. The number of aryl methyl sites for hydroxylation is 1. The Morgan fingerprint density at radius 3 is 2.39 bits per heavy atom. The van der Waals surface area contributed by atoms with E-state index in [1.165, 1.54) is 5.56 Å². The SMILES string of the molecule is O=C(CCC/C=C\C[C@@H]1[C@@H](CC[C@@H](O)CCc2ccccc2)[C@H](O)C[C@@H]1O)NCC(=O)OCc1ccccc1CO[N+](=O)[O-]. The largest absolute Gasteiger partial charge is 0.459 e. The molecule has 1 aliphatic rings. The summed E-state index contributed by atoms with van der Waals surface area (Å²) in [4.78, 5) is 39.0. The van der Waals surface area contributed by atoms with Gasteiger partial charge in [0.1, 0.15) is 19.8 Å². The molecule has 2 aromatic carbocycles. The monoisotopic (exact) mass is 612 g/mol. The minimum absolute atomic E-state index is 0.0746. The number of ether oxygens (including phenoxy) is 1. The Balaban J connectivity index is 1.29. The molecular formula is C33H44N2O9. The van der Waals surface area contributed by atoms with Crippen molar-refractivity contribution in [2.24, 2.45) is 11.8 Å². The van der Waals surface area contributed by atoms with Crippen molar-refractivity contribution in [2.75, 3.05) is 6.54 Å². The summed E-state index contributed by atoms with van der Waals surface area (Å²) < 4.78 is 5.18. The van der Waals surface area contributed by atoms with Crippen LogP contribution in [0, 0.1) is 22.0 Å². The van der Waals surface area contributed by atoms with Gasteiger partial charge in [-0.3, -0.25) is 9.59 Å². The predicted molar refractivity (Wildman–Crippen MR) is 162 cm³/mol. The first-order valence-corrected chi connectivity index (χ1v) is 15.2. The maximum atomic E-state index is 12.1. The third kappa shape index (κ3) is 12.4. The normalized spacial score (nSPS) is 20.3. The fourth-order valence-corrected chi connectivity index (χ4v) is 5.59. The molecule has 44 heavy (non-hydrogen) atoms. The van der Waals surface area contributed by atoms with Crippen LogP contribution in [0.25, 0.3) is 0 Å². The molecular weight excluding hydrogens is 568 g/mol. The quantitative estimate of drug-likeness (QED) is 0.0606. The Labute approximate surface area is 258 Å². The van der Waals surface area contributed by atoms with E-state index < -0.39 is 29.4 Å². The average molecular weight is 613 g/mol. The number of nitrogens with zero attached hydrogens (tertiary/aromatic N) is 1. The lowest BCUT2D eigenvalue weighted by Crippen LogP contribution is -2.30. The van der Waals surface area contributed by atoms with Crippen LogP contribution in [0.3, 0.4) is 0 Å². The standard InChI is InChI=1S/C33H44N2O9/c36-27(17-16-24-10-4-3-5-11-24)18-19-29-28(30(37)20-31(29)38)14-6-1-2-7-15-32(39)34-21-33(40)43-22-25-12-8-9-13-26(25)23-44-35(41)42/h1,3-6,8-13,27-31,36-38H,2,7,14-23H2,(H,34,39)/b6-1-/t27-,28+,29+,30-,31+/m0/s1. The highest BCUT2D eigenvalue weighted by atomic mass is 16.9. The Morgan fingerprint density at radius 1 is 0.977 bits per heavy atom. The molecule has 1 aliphatic carbocycles. The van der Waals surface area contributed by atoms with Crippen molar-refractivity contribution in [3.05, 3.63) is 93.6 Å². The number of hydrogen-bond acceptors (Lipinski definition) is 9. The molecule has 1 saturated carbocycles. The molecule has 0 saturated heterocycles. The predicted octanol–water partition coefficient (Wildman–Crippen LogP) is 3.80. The van der Waals surface area contributed by atoms with Gasteiger partial charge in [-0.25, -0.2) is 0 Å². The summed E-state index contributed by atoms with van der Waals surface area (Å²) in [7, 11) is 0. The second-order valence-corrected chi connectivity index (χ2v) is 11.3. The molecule has 3 rings (SSSR count). The molecule has 0 unspecified atom stereocenters. The molecule has 1 amide bonds. The summed E-state index contributed by atoms with van der Waals surface area (Å²) in [6.45, 7) is -0.638. The summed E-state index contributed by atoms with van der Waals surface area (Å²) in [5.41, 5.74) is 2.28. The number of benzene rings is 2. The van der Waals surface area contributed by atoms with Crippen molar-refractivity contribution in [1.29, 1.82) is 0 Å². The Morgan fingerprint density at radius 2 is 1.66 bits per heavy atom. The molecule has 2 aromatic rings. The molecule has 0 bridgehead atoms. The van der Waals surface area contributed by atoms with Gasteiger partial charge in [0.15, 0.2) is 0 Å². The highest BCUT2D eigenvalue weighted by Crippen LogP contribution is 2.38. The number of aliphatic hydroxyl groups is 3. The van der Waals surface area contributed by atoms with Gasteiger partial charge in [-0.1, -0.05) is 66.7 Å². The average Bonchev–Trinajstić information content (AvgIpc) is 3.29. The van der Waals surface area contributed by atoms with Crippen LogP contribution in [0.4, 0.5) is 0 Å². The Kier molecular flexibility index (Phi) is 14.8. The highest BCUT2D eigenvalue weighted by Gasteiger charge is 2.40. The highest BCUT2D eigenvalue weighted by molar-refractivity contribution is 5.81. The molecule has 11 nitrogen and oxygen atoms in total. The lowest BCUT2D eigenvalue weighted by Gasteiger charge is -2.23. The summed E-state index contributed by atoms with van der Waals surface area (Å²) >= 11 is 0. The van der Waals surface area contributed by atoms with E-state index in [0.29, 0.717) is 56.1 Å². The fourth-order valence-electron chi connectivity index (χ4n) is 5.59. The van der Waals surface area contributed by atoms with Crippen molar-refractivity contribution in [3.63, 3.8) is 0 Å². The molecule has 0 radical (unpaired) electrons. The molecule has 0 aliphatic heterocycles. The first-order chi connectivity index (χ1) is 21.2. The van der Waals surface area contributed by atoms with Crippen molar-refractivity contribution in [3.8, 4) is 0 Å². The van der Waals surface area contributed by atoms with Gasteiger partial charge in [-0.05, 0) is 79.9 Å². The van der Waals surface area contributed by atoms with Gasteiger partial charge in [0, 0.05) is 6.42 Å². The zero-order chi connectivity index (χ0) is 31.7. The van der Waals surface area contributed by atoms with Crippen LogP contribution in [0.2, 0.25) is 0 Å².